The summed E-state index contributed by atoms with van der Waals surface area (Å²) in [5, 5.41) is 16.5. The van der Waals surface area contributed by atoms with E-state index < -0.39 is 5.60 Å². The van der Waals surface area contributed by atoms with Crippen molar-refractivity contribution in [2.75, 3.05) is 13.6 Å². The van der Waals surface area contributed by atoms with Gasteiger partial charge in [0.2, 0.25) is 0 Å². The van der Waals surface area contributed by atoms with Crippen LogP contribution in [0.4, 0.5) is 4.79 Å². The zero-order chi connectivity index (χ0) is 17.2. The number of fused-ring (bicyclic) bond motifs is 2. The molecule has 1 aromatic carbocycles. The maximum Gasteiger partial charge on any atom is 0.315 e. The third kappa shape index (κ3) is 3.90. The lowest BCUT2D eigenvalue weighted by molar-refractivity contribution is 0.0482. The molecular weight excluding hydrogens is 302 g/mol. The average Bonchev–Trinajstić information content (AvgIpc) is 2.55. The van der Waals surface area contributed by atoms with Crippen LogP contribution in [0.2, 0.25) is 0 Å². The number of nitrogens with one attached hydrogen (secondary N) is 2. The first-order chi connectivity index (χ1) is 11.5. The van der Waals surface area contributed by atoms with Gasteiger partial charge >= 0.3 is 6.03 Å². The Balaban J connectivity index is 1.49. The first-order valence-corrected chi connectivity index (χ1v) is 9.00. The smallest absolute Gasteiger partial charge is 0.315 e. The van der Waals surface area contributed by atoms with Crippen LogP contribution in [0.3, 0.4) is 0 Å². The second-order valence-electron chi connectivity index (χ2n) is 7.54. The summed E-state index contributed by atoms with van der Waals surface area (Å²) in [6.07, 6.45) is 5.81. The van der Waals surface area contributed by atoms with Gasteiger partial charge in [-0.05, 0) is 45.2 Å². The van der Waals surface area contributed by atoms with Crippen molar-refractivity contribution in [3.8, 4) is 0 Å². The van der Waals surface area contributed by atoms with Crippen LogP contribution in [0, 0.1) is 0 Å². The van der Waals surface area contributed by atoms with Crippen molar-refractivity contribution in [2.24, 2.45) is 0 Å². The van der Waals surface area contributed by atoms with E-state index in [2.05, 4.69) is 22.6 Å². The molecule has 3 rings (SSSR count). The molecule has 2 heterocycles. The fraction of sp³-hybridized carbons (Fsp3) is 0.632. The minimum atomic E-state index is -1.07. The number of benzene rings is 1. The summed E-state index contributed by atoms with van der Waals surface area (Å²) in [6.45, 7) is 1.92. The van der Waals surface area contributed by atoms with Gasteiger partial charge in [-0.3, -0.25) is 0 Å². The zero-order valence-corrected chi connectivity index (χ0v) is 14.7. The predicted octanol–water partition coefficient (Wildman–Crippen LogP) is 2.21. The highest BCUT2D eigenvalue weighted by atomic mass is 16.3. The summed E-state index contributed by atoms with van der Waals surface area (Å²) >= 11 is 0. The topological polar surface area (TPSA) is 64.6 Å². The fourth-order valence-electron chi connectivity index (χ4n) is 4.12. The molecule has 1 aromatic rings. The minimum Gasteiger partial charge on any atom is -0.384 e. The second kappa shape index (κ2) is 7.11. The molecule has 0 saturated carbocycles. The fourth-order valence-corrected chi connectivity index (χ4v) is 4.12. The lowest BCUT2D eigenvalue weighted by Gasteiger charge is -2.47. The molecule has 2 aliphatic rings. The molecule has 2 fully saturated rings. The molecule has 0 aromatic heterocycles. The first kappa shape index (κ1) is 17.2. The molecular formula is C19H29N3O2. The van der Waals surface area contributed by atoms with Gasteiger partial charge in [-0.1, -0.05) is 36.8 Å². The van der Waals surface area contributed by atoms with E-state index in [0.29, 0.717) is 12.1 Å². The molecule has 2 aliphatic heterocycles. The molecule has 132 valence electrons. The van der Waals surface area contributed by atoms with Gasteiger partial charge in [0.15, 0.2) is 0 Å². The van der Waals surface area contributed by atoms with Gasteiger partial charge in [-0.15, -0.1) is 0 Å². The maximum atomic E-state index is 12.2. The van der Waals surface area contributed by atoms with Crippen molar-refractivity contribution in [2.45, 2.75) is 62.8 Å². The van der Waals surface area contributed by atoms with Crippen LogP contribution < -0.4 is 10.6 Å². The summed E-state index contributed by atoms with van der Waals surface area (Å²) in [5.74, 6) is 0. The summed E-state index contributed by atoms with van der Waals surface area (Å²) in [6, 6.07) is 10.7. The van der Waals surface area contributed by atoms with E-state index in [1.807, 2.05) is 30.3 Å². The van der Waals surface area contributed by atoms with Crippen LogP contribution in [0.15, 0.2) is 30.3 Å². The lowest BCUT2D eigenvalue weighted by atomic mass is 9.82. The van der Waals surface area contributed by atoms with Crippen molar-refractivity contribution >= 4 is 6.03 Å². The molecule has 3 atom stereocenters. The number of nitrogens with zero attached hydrogens (tertiary/aromatic N) is 1. The molecule has 5 heteroatoms. The van der Waals surface area contributed by atoms with E-state index in [1.54, 1.807) is 6.92 Å². The molecule has 0 radical (unpaired) electrons. The van der Waals surface area contributed by atoms with Crippen LogP contribution in [0.5, 0.6) is 0 Å². The van der Waals surface area contributed by atoms with E-state index in [-0.39, 0.29) is 18.6 Å². The average molecular weight is 331 g/mol. The maximum absolute atomic E-state index is 12.2. The molecule has 2 saturated heterocycles. The van der Waals surface area contributed by atoms with Gasteiger partial charge in [-0.25, -0.2) is 4.79 Å². The Bertz CT molecular complexity index is 547. The number of urea groups is 1. The number of aliphatic hydroxyl groups is 1. The summed E-state index contributed by atoms with van der Waals surface area (Å²) in [4.78, 5) is 14.7. The molecule has 2 bridgehead atoms. The van der Waals surface area contributed by atoms with E-state index in [4.69, 9.17) is 0 Å². The normalized spacial score (nSPS) is 29.5. The van der Waals surface area contributed by atoms with Crippen LogP contribution in [-0.4, -0.2) is 47.8 Å². The van der Waals surface area contributed by atoms with Gasteiger partial charge in [-0.2, -0.15) is 0 Å². The Kier molecular flexibility index (Phi) is 5.11. The third-order valence-corrected chi connectivity index (χ3v) is 5.66. The van der Waals surface area contributed by atoms with Gasteiger partial charge in [0, 0.05) is 18.1 Å². The van der Waals surface area contributed by atoms with Crippen LogP contribution in [0.25, 0.3) is 0 Å². The number of hydrogen-bond acceptors (Lipinski definition) is 3. The summed E-state index contributed by atoms with van der Waals surface area (Å²) < 4.78 is 0. The molecule has 3 N–H and O–H groups in total. The molecule has 0 spiro atoms. The van der Waals surface area contributed by atoms with Crippen LogP contribution >= 0.6 is 0 Å². The molecule has 3 unspecified atom stereocenters. The lowest BCUT2D eigenvalue weighted by Crippen LogP contribution is -2.56. The number of hydrogen-bond donors (Lipinski definition) is 3. The summed E-state index contributed by atoms with van der Waals surface area (Å²) in [7, 11) is 2.21. The molecule has 2 amide bonds. The largest absolute Gasteiger partial charge is 0.384 e. The minimum absolute atomic E-state index is 0.182. The van der Waals surface area contributed by atoms with Crippen molar-refractivity contribution in [1.29, 1.82) is 0 Å². The van der Waals surface area contributed by atoms with Crippen LogP contribution in [-0.2, 0) is 5.60 Å². The predicted molar refractivity (Wildman–Crippen MR) is 94.8 cm³/mol. The Hall–Kier alpha value is -1.59. The Morgan fingerprint density at radius 3 is 2.50 bits per heavy atom. The first-order valence-electron chi connectivity index (χ1n) is 9.00. The van der Waals surface area contributed by atoms with Gasteiger partial charge in [0.25, 0.3) is 0 Å². The standard InChI is InChI=1S/C19H29N3O2/c1-19(24,14-7-4-3-5-8-14)13-20-18(23)21-15-11-16-9-6-10-17(12-15)22(16)2/h3-5,7-8,15-17,24H,6,9-13H2,1-2H3,(H2,20,21,23). The quantitative estimate of drug-likeness (QED) is 0.792. The highest BCUT2D eigenvalue weighted by Crippen LogP contribution is 2.32. The summed E-state index contributed by atoms with van der Waals surface area (Å²) in [5.41, 5.74) is -0.263. The van der Waals surface area contributed by atoms with E-state index >= 15 is 0 Å². The molecule has 24 heavy (non-hydrogen) atoms. The number of rotatable bonds is 4. The second-order valence-corrected chi connectivity index (χ2v) is 7.54. The highest BCUT2D eigenvalue weighted by molar-refractivity contribution is 5.74. The van der Waals surface area contributed by atoms with Crippen molar-refractivity contribution in [3.63, 3.8) is 0 Å². The van der Waals surface area contributed by atoms with Gasteiger partial charge in [0.1, 0.15) is 5.60 Å². The number of carbonyl (C=O) groups excluding carboxylic acids is 1. The van der Waals surface area contributed by atoms with Crippen molar-refractivity contribution < 1.29 is 9.90 Å². The molecule has 5 nitrogen and oxygen atoms in total. The van der Waals surface area contributed by atoms with E-state index in [1.165, 1.54) is 19.3 Å². The van der Waals surface area contributed by atoms with Crippen LogP contribution in [0.1, 0.15) is 44.6 Å². The highest BCUT2D eigenvalue weighted by Gasteiger charge is 2.36. The Labute approximate surface area is 144 Å². The van der Waals surface area contributed by atoms with Gasteiger partial charge in [0.05, 0.1) is 6.54 Å². The Morgan fingerprint density at radius 1 is 1.25 bits per heavy atom. The third-order valence-electron chi connectivity index (χ3n) is 5.66. The zero-order valence-electron chi connectivity index (χ0n) is 14.7. The molecule has 0 aliphatic carbocycles. The van der Waals surface area contributed by atoms with Crippen molar-refractivity contribution in [3.05, 3.63) is 35.9 Å². The van der Waals surface area contributed by atoms with Crippen molar-refractivity contribution in [1.82, 2.24) is 15.5 Å². The number of piperidine rings is 2. The van der Waals surface area contributed by atoms with E-state index in [0.717, 1.165) is 18.4 Å². The van der Waals surface area contributed by atoms with Gasteiger partial charge < -0.3 is 20.6 Å². The Morgan fingerprint density at radius 2 is 1.88 bits per heavy atom. The SMILES string of the molecule is CN1C2CCCC1CC(NC(=O)NCC(C)(O)c1ccccc1)C2. The van der Waals surface area contributed by atoms with E-state index in [9.17, 15) is 9.90 Å². The number of amides is 2. The number of carbonyl (C=O) groups is 1. The monoisotopic (exact) mass is 331 g/mol.